The quantitative estimate of drug-likeness (QED) is 0.693. The molecule has 112 valence electrons. The van der Waals surface area contributed by atoms with Gasteiger partial charge in [-0.3, -0.25) is 10.1 Å². The summed E-state index contributed by atoms with van der Waals surface area (Å²) in [6.45, 7) is 1.89. The summed E-state index contributed by atoms with van der Waals surface area (Å²) in [5.41, 5.74) is 1.92. The number of nitrogens with zero attached hydrogens (tertiary/aromatic N) is 3. The minimum absolute atomic E-state index is 0.113. The van der Waals surface area contributed by atoms with Crippen molar-refractivity contribution in [3.05, 3.63) is 37.7 Å². The molecule has 0 aromatic carbocycles. The zero-order chi connectivity index (χ0) is 15.0. The number of hydrogen-bond acceptors (Lipinski definition) is 5. The van der Waals surface area contributed by atoms with Crippen LogP contribution in [0.4, 0.5) is 11.5 Å². The van der Waals surface area contributed by atoms with Gasteiger partial charge >= 0.3 is 5.69 Å². The summed E-state index contributed by atoms with van der Waals surface area (Å²) < 4.78 is 1.59. The van der Waals surface area contributed by atoms with Crippen LogP contribution in [0.2, 0.25) is 0 Å². The Balaban J connectivity index is 1.96. The second-order valence-corrected chi connectivity index (χ2v) is 6.27. The zero-order valence-corrected chi connectivity index (χ0v) is 12.9. The first-order valence-corrected chi connectivity index (χ1v) is 8.02. The Kier molecular flexibility index (Phi) is 3.67. The molecular formula is C14H18N4O2S. The van der Waals surface area contributed by atoms with E-state index in [4.69, 9.17) is 0 Å². The van der Waals surface area contributed by atoms with Crippen LogP contribution in [0.25, 0.3) is 0 Å². The van der Waals surface area contributed by atoms with Crippen molar-refractivity contribution in [1.82, 2.24) is 9.78 Å². The summed E-state index contributed by atoms with van der Waals surface area (Å²) in [4.78, 5) is 12.4. The molecule has 1 unspecified atom stereocenters. The molecule has 0 fully saturated rings. The Labute approximate surface area is 126 Å². The molecule has 0 aliphatic heterocycles. The van der Waals surface area contributed by atoms with Crippen molar-refractivity contribution in [3.63, 3.8) is 0 Å². The Morgan fingerprint density at radius 2 is 2.43 bits per heavy atom. The molecule has 0 saturated carbocycles. The van der Waals surface area contributed by atoms with Crippen LogP contribution < -0.4 is 5.32 Å². The number of rotatable bonds is 4. The van der Waals surface area contributed by atoms with Crippen LogP contribution in [0, 0.1) is 10.1 Å². The molecule has 0 spiro atoms. The molecule has 1 N–H and O–H groups in total. The van der Waals surface area contributed by atoms with Gasteiger partial charge in [-0.25, -0.2) is 4.68 Å². The fraction of sp³-hybridized carbons (Fsp3) is 0.500. The fourth-order valence-corrected chi connectivity index (χ4v) is 3.95. The summed E-state index contributed by atoms with van der Waals surface area (Å²) in [6, 6.07) is 2.26. The maximum absolute atomic E-state index is 11.4. The van der Waals surface area contributed by atoms with Crippen molar-refractivity contribution in [3.8, 4) is 0 Å². The fourth-order valence-electron chi connectivity index (χ4n) is 2.96. The van der Waals surface area contributed by atoms with E-state index in [0.717, 1.165) is 19.3 Å². The molecule has 2 heterocycles. The van der Waals surface area contributed by atoms with Crippen LogP contribution in [0.1, 0.15) is 41.9 Å². The number of thiophene rings is 1. The van der Waals surface area contributed by atoms with E-state index in [1.54, 1.807) is 23.1 Å². The third kappa shape index (κ3) is 2.42. The van der Waals surface area contributed by atoms with Gasteiger partial charge in [-0.15, -0.1) is 11.3 Å². The van der Waals surface area contributed by atoms with Gasteiger partial charge in [0, 0.05) is 11.9 Å². The van der Waals surface area contributed by atoms with Gasteiger partial charge in [-0.2, -0.15) is 5.10 Å². The number of hydrogen-bond donors (Lipinski definition) is 1. The van der Waals surface area contributed by atoms with E-state index in [9.17, 15) is 10.1 Å². The summed E-state index contributed by atoms with van der Waals surface area (Å²) in [5.74, 6) is 0.515. The van der Waals surface area contributed by atoms with Crippen molar-refractivity contribution in [2.75, 3.05) is 5.32 Å². The van der Waals surface area contributed by atoms with Crippen molar-refractivity contribution < 1.29 is 4.92 Å². The van der Waals surface area contributed by atoms with E-state index < -0.39 is 0 Å². The van der Waals surface area contributed by atoms with E-state index >= 15 is 0 Å². The third-order valence-corrected chi connectivity index (χ3v) is 4.97. The molecule has 2 aromatic heterocycles. The highest BCUT2D eigenvalue weighted by molar-refractivity contribution is 7.10. The molecule has 1 aliphatic carbocycles. The third-order valence-electron chi connectivity index (χ3n) is 3.97. The molecule has 0 radical (unpaired) electrons. The standard InChI is InChI=1S/C14H18N4O2S/c1-3-10-13(18(19)20)14(17(2)16-10)15-11-5-4-6-12-9(11)7-8-21-12/h7-8,11,15H,3-6H2,1-2H3. The maximum atomic E-state index is 11.4. The summed E-state index contributed by atoms with van der Waals surface area (Å²) in [5, 5.41) is 21.1. The van der Waals surface area contributed by atoms with Gasteiger partial charge in [0.1, 0.15) is 5.69 Å². The van der Waals surface area contributed by atoms with Crippen molar-refractivity contribution >= 4 is 22.8 Å². The average Bonchev–Trinajstić information content (AvgIpc) is 3.04. The van der Waals surface area contributed by atoms with Gasteiger partial charge in [-0.05, 0) is 42.7 Å². The Morgan fingerprint density at radius 1 is 1.62 bits per heavy atom. The summed E-state index contributed by atoms with van der Waals surface area (Å²) in [7, 11) is 1.76. The summed E-state index contributed by atoms with van der Waals surface area (Å²) >= 11 is 1.77. The Hall–Kier alpha value is -1.89. The van der Waals surface area contributed by atoms with E-state index in [2.05, 4.69) is 21.9 Å². The number of aryl methyl sites for hydroxylation is 3. The molecule has 6 nitrogen and oxygen atoms in total. The Morgan fingerprint density at radius 3 is 3.14 bits per heavy atom. The van der Waals surface area contributed by atoms with E-state index in [1.165, 1.54) is 10.4 Å². The monoisotopic (exact) mass is 306 g/mol. The minimum atomic E-state index is -0.328. The van der Waals surface area contributed by atoms with Gasteiger partial charge in [0.25, 0.3) is 0 Å². The first-order chi connectivity index (χ1) is 10.1. The van der Waals surface area contributed by atoms with E-state index in [-0.39, 0.29) is 16.7 Å². The number of anilines is 1. The minimum Gasteiger partial charge on any atom is -0.358 e. The predicted molar refractivity (Wildman–Crippen MR) is 82.9 cm³/mol. The predicted octanol–water partition coefficient (Wildman–Crippen LogP) is 3.44. The van der Waals surface area contributed by atoms with Crippen molar-refractivity contribution in [2.45, 2.75) is 38.6 Å². The number of nitrogens with one attached hydrogen (secondary N) is 1. The molecule has 0 amide bonds. The molecule has 2 aromatic rings. The molecular weight excluding hydrogens is 288 g/mol. The highest BCUT2D eigenvalue weighted by Crippen LogP contribution is 2.38. The molecule has 0 bridgehead atoms. The van der Waals surface area contributed by atoms with Gasteiger partial charge in [0.05, 0.1) is 11.0 Å². The summed E-state index contributed by atoms with van der Waals surface area (Å²) in [6.07, 6.45) is 3.77. The van der Waals surface area contributed by atoms with Crippen molar-refractivity contribution in [2.24, 2.45) is 7.05 Å². The first-order valence-electron chi connectivity index (χ1n) is 7.14. The van der Waals surface area contributed by atoms with E-state index in [0.29, 0.717) is 17.9 Å². The van der Waals surface area contributed by atoms with Crippen LogP contribution in [0.5, 0.6) is 0 Å². The first kappa shape index (κ1) is 14.1. The van der Waals surface area contributed by atoms with Crippen LogP contribution in [-0.2, 0) is 19.9 Å². The van der Waals surface area contributed by atoms with Crippen LogP contribution >= 0.6 is 11.3 Å². The van der Waals surface area contributed by atoms with Crippen LogP contribution in [0.3, 0.4) is 0 Å². The van der Waals surface area contributed by atoms with Gasteiger partial charge in [-0.1, -0.05) is 6.92 Å². The lowest BCUT2D eigenvalue weighted by Gasteiger charge is -2.24. The molecule has 1 atom stereocenters. The number of nitro groups is 1. The second-order valence-electron chi connectivity index (χ2n) is 5.27. The molecule has 21 heavy (non-hydrogen) atoms. The molecule has 3 rings (SSSR count). The van der Waals surface area contributed by atoms with Crippen LogP contribution in [-0.4, -0.2) is 14.7 Å². The largest absolute Gasteiger partial charge is 0.358 e. The normalized spacial score (nSPS) is 17.5. The second kappa shape index (κ2) is 5.48. The van der Waals surface area contributed by atoms with Crippen molar-refractivity contribution in [1.29, 1.82) is 0 Å². The zero-order valence-electron chi connectivity index (χ0n) is 12.1. The average molecular weight is 306 g/mol. The van der Waals surface area contributed by atoms with Crippen LogP contribution in [0.15, 0.2) is 11.4 Å². The van der Waals surface area contributed by atoms with E-state index in [1.807, 2.05) is 6.92 Å². The maximum Gasteiger partial charge on any atom is 0.333 e. The number of fused-ring (bicyclic) bond motifs is 1. The van der Waals surface area contributed by atoms with Gasteiger partial charge in [0.15, 0.2) is 0 Å². The molecule has 1 aliphatic rings. The molecule has 0 saturated heterocycles. The highest BCUT2D eigenvalue weighted by Gasteiger charge is 2.29. The SMILES string of the molecule is CCc1nn(C)c(NC2CCCc3sccc32)c1[N+](=O)[O-]. The molecule has 7 heteroatoms. The van der Waals surface area contributed by atoms with Gasteiger partial charge < -0.3 is 5.32 Å². The van der Waals surface area contributed by atoms with Gasteiger partial charge in [0.2, 0.25) is 5.82 Å². The lowest BCUT2D eigenvalue weighted by Crippen LogP contribution is -2.18. The highest BCUT2D eigenvalue weighted by atomic mass is 32.1. The number of aromatic nitrogens is 2. The lowest BCUT2D eigenvalue weighted by atomic mass is 9.94. The smallest absolute Gasteiger partial charge is 0.333 e. The topological polar surface area (TPSA) is 73.0 Å². The Bertz CT molecular complexity index is 677. The lowest BCUT2D eigenvalue weighted by molar-refractivity contribution is -0.384.